The lowest BCUT2D eigenvalue weighted by Crippen LogP contribution is -2.44. The van der Waals surface area contributed by atoms with Crippen LogP contribution in [-0.2, 0) is 4.79 Å². The number of hydrogen-bond acceptors (Lipinski definition) is 3. The fraction of sp³-hybridized carbons (Fsp3) is 0.600. The molecule has 20 heavy (non-hydrogen) atoms. The molecule has 2 rings (SSSR count). The lowest BCUT2D eigenvalue weighted by atomic mass is 9.78. The van der Waals surface area contributed by atoms with Crippen LogP contribution in [-0.4, -0.2) is 17.7 Å². The molecule has 0 spiro atoms. The van der Waals surface area contributed by atoms with Crippen LogP contribution in [0.1, 0.15) is 33.1 Å². The number of nitrogens with zero attached hydrogens (tertiary/aromatic N) is 1. The van der Waals surface area contributed by atoms with Gasteiger partial charge in [0, 0.05) is 18.2 Å². The second-order valence-corrected chi connectivity index (χ2v) is 6.59. The summed E-state index contributed by atoms with van der Waals surface area (Å²) in [6, 6.07) is 5.50. The van der Waals surface area contributed by atoms with Crippen LogP contribution in [0.4, 0.5) is 0 Å². The summed E-state index contributed by atoms with van der Waals surface area (Å²) < 4.78 is 0.795. The van der Waals surface area contributed by atoms with Crippen molar-refractivity contribution in [1.29, 1.82) is 0 Å². The number of nitrogens with one attached hydrogen (secondary N) is 1. The highest BCUT2D eigenvalue weighted by atomic mass is 32.2. The predicted octanol–water partition coefficient (Wildman–Crippen LogP) is 2.35. The molecule has 0 saturated heterocycles. The molecule has 0 bridgehead atoms. The largest absolute Gasteiger partial charge is 0.618 e. The molecular weight excluding hydrogens is 272 g/mol. The van der Waals surface area contributed by atoms with Crippen molar-refractivity contribution in [3.63, 3.8) is 0 Å². The van der Waals surface area contributed by atoms with Gasteiger partial charge in [0.05, 0.1) is 5.75 Å². The summed E-state index contributed by atoms with van der Waals surface area (Å²) in [5, 5.41) is 15.2. The molecule has 0 aliphatic heterocycles. The van der Waals surface area contributed by atoms with E-state index >= 15 is 0 Å². The van der Waals surface area contributed by atoms with Gasteiger partial charge in [0.1, 0.15) is 0 Å². The Kier molecular flexibility index (Phi) is 5.29. The van der Waals surface area contributed by atoms with E-state index in [4.69, 9.17) is 0 Å². The van der Waals surface area contributed by atoms with Crippen LogP contribution in [0.2, 0.25) is 0 Å². The lowest BCUT2D eigenvalue weighted by molar-refractivity contribution is -0.645. The van der Waals surface area contributed by atoms with E-state index in [-0.39, 0.29) is 11.9 Å². The molecule has 0 aromatic carbocycles. The molecule has 1 heterocycles. The van der Waals surface area contributed by atoms with Crippen molar-refractivity contribution in [2.45, 2.75) is 44.2 Å². The normalized spacial score (nSPS) is 26.2. The maximum Gasteiger partial charge on any atom is 0.251 e. The number of thioether (sulfide) groups is 1. The first-order valence-electron chi connectivity index (χ1n) is 7.18. The van der Waals surface area contributed by atoms with E-state index in [1.807, 2.05) is 0 Å². The minimum atomic E-state index is 0.0183. The minimum Gasteiger partial charge on any atom is -0.618 e. The molecule has 1 amide bonds. The Morgan fingerprint density at radius 1 is 1.45 bits per heavy atom. The molecule has 1 aliphatic rings. The van der Waals surface area contributed by atoms with Crippen LogP contribution in [0.25, 0.3) is 0 Å². The smallest absolute Gasteiger partial charge is 0.251 e. The van der Waals surface area contributed by atoms with Crippen LogP contribution < -0.4 is 10.0 Å². The van der Waals surface area contributed by atoms with Gasteiger partial charge in [-0.3, -0.25) is 4.79 Å². The Morgan fingerprint density at radius 2 is 2.25 bits per heavy atom. The van der Waals surface area contributed by atoms with Crippen molar-refractivity contribution in [3.05, 3.63) is 29.6 Å². The number of carbonyl (C=O) groups is 1. The molecule has 1 N–H and O–H groups in total. The summed E-state index contributed by atoms with van der Waals surface area (Å²) in [7, 11) is 0. The van der Waals surface area contributed by atoms with Gasteiger partial charge in [-0.05, 0) is 36.1 Å². The summed E-state index contributed by atoms with van der Waals surface area (Å²) in [5.41, 5.74) is 0. The Hall–Kier alpha value is -1.23. The fourth-order valence-electron chi connectivity index (χ4n) is 2.70. The van der Waals surface area contributed by atoms with Crippen molar-refractivity contribution in [1.82, 2.24) is 5.32 Å². The third-order valence-corrected chi connectivity index (χ3v) is 5.21. The zero-order chi connectivity index (χ0) is 14.5. The van der Waals surface area contributed by atoms with Crippen molar-refractivity contribution in [2.75, 3.05) is 5.75 Å². The second kappa shape index (κ2) is 6.97. The summed E-state index contributed by atoms with van der Waals surface area (Å²) >= 11 is 1.28. The first kappa shape index (κ1) is 15.2. The SMILES string of the molecule is C[C@@H]1[C@H](C)CCC[C@H]1NC(=O)CSc1cccc[n+]1[O-]. The van der Waals surface area contributed by atoms with E-state index < -0.39 is 0 Å². The molecule has 4 nitrogen and oxygen atoms in total. The van der Waals surface area contributed by atoms with Gasteiger partial charge < -0.3 is 10.5 Å². The van der Waals surface area contributed by atoms with Gasteiger partial charge in [0.2, 0.25) is 5.91 Å². The van der Waals surface area contributed by atoms with E-state index in [0.717, 1.165) is 11.2 Å². The number of aromatic nitrogens is 1. The fourth-order valence-corrected chi connectivity index (χ4v) is 3.42. The zero-order valence-corrected chi connectivity index (χ0v) is 12.9. The monoisotopic (exact) mass is 294 g/mol. The van der Waals surface area contributed by atoms with Gasteiger partial charge in [-0.1, -0.05) is 26.7 Å². The highest BCUT2D eigenvalue weighted by Crippen LogP contribution is 2.29. The number of amides is 1. The molecule has 1 aromatic heterocycles. The standard InChI is InChI=1S/C15H22N2O2S/c1-11-6-5-7-13(12(11)2)16-14(18)10-20-15-8-3-4-9-17(15)19/h3-4,8-9,11-13H,5-7,10H2,1-2H3,(H,16,18)/t11-,12-,13-/m1/s1. The van der Waals surface area contributed by atoms with E-state index in [2.05, 4.69) is 19.2 Å². The van der Waals surface area contributed by atoms with Gasteiger partial charge in [0.15, 0.2) is 6.20 Å². The summed E-state index contributed by atoms with van der Waals surface area (Å²) in [6.07, 6.45) is 4.95. The highest BCUT2D eigenvalue weighted by molar-refractivity contribution is 7.99. The van der Waals surface area contributed by atoms with Crippen molar-refractivity contribution >= 4 is 17.7 Å². The van der Waals surface area contributed by atoms with Crippen LogP contribution in [0, 0.1) is 17.0 Å². The molecule has 1 aliphatic carbocycles. The Morgan fingerprint density at radius 3 is 3.00 bits per heavy atom. The Labute approximate surface area is 124 Å². The van der Waals surface area contributed by atoms with Crippen LogP contribution in [0.3, 0.4) is 0 Å². The number of pyridine rings is 1. The average molecular weight is 294 g/mol. The summed E-state index contributed by atoms with van der Waals surface area (Å²) in [6.45, 7) is 4.47. The maximum absolute atomic E-state index is 12.0. The van der Waals surface area contributed by atoms with Crippen molar-refractivity contribution < 1.29 is 9.52 Å². The van der Waals surface area contributed by atoms with E-state index in [9.17, 15) is 10.0 Å². The van der Waals surface area contributed by atoms with Gasteiger partial charge in [-0.2, -0.15) is 4.73 Å². The molecule has 1 saturated carbocycles. The molecule has 110 valence electrons. The number of hydrogen-bond donors (Lipinski definition) is 1. The van der Waals surface area contributed by atoms with Gasteiger partial charge in [0.25, 0.3) is 5.03 Å². The molecule has 3 atom stereocenters. The average Bonchev–Trinajstić information content (AvgIpc) is 2.43. The maximum atomic E-state index is 12.0. The molecule has 0 radical (unpaired) electrons. The predicted molar refractivity (Wildman–Crippen MR) is 80.2 cm³/mol. The summed E-state index contributed by atoms with van der Waals surface area (Å²) in [5.74, 6) is 1.51. The first-order valence-corrected chi connectivity index (χ1v) is 8.17. The highest BCUT2D eigenvalue weighted by Gasteiger charge is 2.28. The van der Waals surface area contributed by atoms with Crippen LogP contribution in [0.15, 0.2) is 29.4 Å². The first-order chi connectivity index (χ1) is 9.58. The van der Waals surface area contributed by atoms with Crippen LogP contribution >= 0.6 is 11.8 Å². The van der Waals surface area contributed by atoms with Crippen molar-refractivity contribution in [2.24, 2.45) is 11.8 Å². The van der Waals surface area contributed by atoms with E-state index in [0.29, 0.717) is 22.6 Å². The van der Waals surface area contributed by atoms with E-state index in [1.165, 1.54) is 30.8 Å². The van der Waals surface area contributed by atoms with Crippen LogP contribution in [0.5, 0.6) is 0 Å². The van der Waals surface area contributed by atoms with Gasteiger partial charge >= 0.3 is 0 Å². The topological polar surface area (TPSA) is 56.0 Å². The van der Waals surface area contributed by atoms with E-state index in [1.54, 1.807) is 18.2 Å². The van der Waals surface area contributed by atoms with Crippen molar-refractivity contribution in [3.8, 4) is 0 Å². The van der Waals surface area contributed by atoms with Gasteiger partial charge in [-0.25, -0.2) is 0 Å². The molecule has 1 aromatic rings. The minimum absolute atomic E-state index is 0.0183. The molecule has 1 fully saturated rings. The number of carbonyl (C=O) groups excluding carboxylic acids is 1. The zero-order valence-electron chi connectivity index (χ0n) is 12.0. The Bertz CT molecular complexity index is 467. The quantitative estimate of drug-likeness (QED) is 0.527. The molecule has 0 unspecified atom stereocenters. The molecular formula is C15H22N2O2S. The lowest BCUT2D eigenvalue weighted by Gasteiger charge is -2.34. The van der Waals surface area contributed by atoms with Gasteiger partial charge in [-0.15, -0.1) is 0 Å². The number of rotatable bonds is 4. The molecule has 5 heteroatoms. The summed E-state index contributed by atoms with van der Waals surface area (Å²) in [4.78, 5) is 12.0. The third kappa shape index (κ3) is 3.88. The third-order valence-electron chi connectivity index (χ3n) is 4.19. The second-order valence-electron chi connectivity index (χ2n) is 5.59. The Balaban J connectivity index is 1.82.